The van der Waals surface area contributed by atoms with Crippen molar-refractivity contribution < 1.29 is 14.4 Å². The number of hydrogen-bond acceptors (Lipinski definition) is 3. The largest absolute Gasteiger partial charge is 0.370 e. The highest BCUT2D eigenvalue weighted by Crippen LogP contribution is 2.04. The van der Waals surface area contributed by atoms with E-state index in [9.17, 15) is 14.4 Å². The fourth-order valence-corrected chi connectivity index (χ4v) is 1.52. The van der Waals surface area contributed by atoms with Gasteiger partial charge in [-0.05, 0) is 6.42 Å². The number of amides is 2. The highest BCUT2D eigenvalue weighted by molar-refractivity contribution is 5.83. The summed E-state index contributed by atoms with van der Waals surface area (Å²) < 4.78 is 0. The van der Waals surface area contributed by atoms with Crippen LogP contribution in [0.3, 0.4) is 0 Å². The molecule has 17 heavy (non-hydrogen) atoms. The Balaban J connectivity index is 3.68. The van der Waals surface area contributed by atoms with Gasteiger partial charge in [-0.2, -0.15) is 0 Å². The van der Waals surface area contributed by atoms with Gasteiger partial charge in [-0.15, -0.1) is 0 Å². The average Bonchev–Trinajstić information content (AvgIpc) is 2.27. The van der Waals surface area contributed by atoms with Crippen LogP contribution >= 0.6 is 0 Å². The summed E-state index contributed by atoms with van der Waals surface area (Å²) in [6.45, 7) is 2.13. The number of nitrogens with two attached hydrogens (primary N) is 1. The first-order valence-electron chi connectivity index (χ1n) is 6.13. The summed E-state index contributed by atoms with van der Waals surface area (Å²) in [6, 6.07) is -0.782. The average molecular weight is 242 g/mol. The molecule has 0 aliphatic heterocycles. The molecule has 0 aromatic heterocycles. The zero-order valence-corrected chi connectivity index (χ0v) is 10.4. The molecule has 0 rings (SSSR count). The monoisotopic (exact) mass is 242 g/mol. The summed E-state index contributed by atoms with van der Waals surface area (Å²) in [5.74, 6) is -0.787. The molecule has 0 aromatic carbocycles. The lowest BCUT2D eigenvalue weighted by atomic mass is 10.1. The number of carbonyl (C=O) groups is 3. The number of unbranched alkanes of at least 4 members (excludes halogenated alkanes) is 4. The molecular formula is C12H22N2O3. The minimum atomic E-state index is -0.782. The van der Waals surface area contributed by atoms with Crippen LogP contribution in [0.25, 0.3) is 0 Å². The molecule has 0 aromatic rings. The van der Waals surface area contributed by atoms with E-state index in [4.69, 9.17) is 5.73 Å². The van der Waals surface area contributed by atoms with Crippen molar-refractivity contribution in [3.63, 3.8) is 0 Å². The third kappa shape index (κ3) is 9.53. The van der Waals surface area contributed by atoms with Crippen LogP contribution in [-0.4, -0.2) is 24.1 Å². The molecule has 0 saturated carbocycles. The van der Waals surface area contributed by atoms with Gasteiger partial charge >= 0.3 is 0 Å². The molecule has 2 amide bonds. The number of carbonyl (C=O) groups excluding carboxylic acids is 3. The highest BCUT2D eigenvalue weighted by atomic mass is 16.2. The molecule has 5 nitrogen and oxygen atoms in total. The molecule has 1 atom stereocenters. The Morgan fingerprint density at radius 2 is 1.88 bits per heavy atom. The van der Waals surface area contributed by atoms with Gasteiger partial charge in [-0.3, -0.25) is 9.59 Å². The molecule has 0 aliphatic rings. The molecule has 0 radical (unpaired) electrons. The Bertz CT molecular complexity index is 254. The third-order valence-electron chi connectivity index (χ3n) is 2.44. The predicted octanol–water partition coefficient (Wildman–Crippen LogP) is 0.906. The van der Waals surface area contributed by atoms with Gasteiger partial charge < -0.3 is 15.8 Å². The van der Waals surface area contributed by atoms with Gasteiger partial charge in [0.25, 0.3) is 0 Å². The molecule has 3 N–H and O–H groups in total. The van der Waals surface area contributed by atoms with E-state index in [0.29, 0.717) is 12.7 Å². The van der Waals surface area contributed by atoms with Gasteiger partial charge in [0, 0.05) is 6.42 Å². The Morgan fingerprint density at radius 3 is 2.41 bits per heavy atom. The zero-order valence-electron chi connectivity index (χ0n) is 10.4. The predicted molar refractivity (Wildman–Crippen MR) is 65.2 cm³/mol. The first-order valence-corrected chi connectivity index (χ1v) is 6.13. The molecular weight excluding hydrogens is 220 g/mol. The van der Waals surface area contributed by atoms with Gasteiger partial charge in [0.1, 0.15) is 6.29 Å². The molecule has 5 heteroatoms. The second-order valence-corrected chi connectivity index (χ2v) is 4.14. The van der Waals surface area contributed by atoms with Crippen molar-refractivity contribution in [3.8, 4) is 0 Å². The maximum Gasteiger partial charge on any atom is 0.220 e. The standard InChI is InChI=1S/C12H22N2O3/c1-2-3-4-5-6-7-12(17)14-10(9-15)8-11(13)16/h9-10H,2-8H2,1H3,(H2,13,16)(H,14,17)/t10-/m1/s1. The second-order valence-electron chi connectivity index (χ2n) is 4.14. The lowest BCUT2D eigenvalue weighted by Crippen LogP contribution is -2.38. The van der Waals surface area contributed by atoms with E-state index >= 15 is 0 Å². The van der Waals surface area contributed by atoms with Crippen LogP contribution in [0.15, 0.2) is 0 Å². The van der Waals surface area contributed by atoms with Crippen molar-refractivity contribution in [2.24, 2.45) is 5.73 Å². The first-order chi connectivity index (χ1) is 8.10. The van der Waals surface area contributed by atoms with Crippen LogP contribution in [-0.2, 0) is 14.4 Å². The Kier molecular flexibility index (Phi) is 9.01. The van der Waals surface area contributed by atoms with Crippen molar-refractivity contribution in [1.82, 2.24) is 5.32 Å². The molecule has 0 saturated heterocycles. The molecule has 0 unspecified atom stereocenters. The summed E-state index contributed by atoms with van der Waals surface area (Å²) in [5.41, 5.74) is 4.95. The van der Waals surface area contributed by atoms with Crippen LogP contribution in [0, 0.1) is 0 Å². The zero-order chi connectivity index (χ0) is 13.1. The SMILES string of the molecule is CCCCCCCC(=O)N[C@@H](C=O)CC(N)=O. The Labute approximate surface area is 102 Å². The van der Waals surface area contributed by atoms with Crippen molar-refractivity contribution in [3.05, 3.63) is 0 Å². The van der Waals surface area contributed by atoms with Crippen molar-refractivity contribution in [1.29, 1.82) is 0 Å². The van der Waals surface area contributed by atoms with Crippen LogP contribution in [0.2, 0.25) is 0 Å². The van der Waals surface area contributed by atoms with E-state index < -0.39 is 11.9 Å². The summed E-state index contributed by atoms with van der Waals surface area (Å²) in [4.78, 5) is 32.6. The molecule has 98 valence electrons. The van der Waals surface area contributed by atoms with Crippen molar-refractivity contribution in [2.45, 2.75) is 57.9 Å². The number of aldehydes is 1. The quantitative estimate of drug-likeness (QED) is 0.440. The number of hydrogen-bond donors (Lipinski definition) is 2. The van der Waals surface area contributed by atoms with Crippen LogP contribution in [0.1, 0.15) is 51.9 Å². The first kappa shape index (κ1) is 15.6. The molecule has 0 heterocycles. The smallest absolute Gasteiger partial charge is 0.220 e. The van der Waals surface area contributed by atoms with Gasteiger partial charge in [-0.1, -0.05) is 32.6 Å². The van der Waals surface area contributed by atoms with Crippen molar-refractivity contribution in [2.75, 3.05) is 0 Å². The van der Waals surface area contributed by atoms with E-state index in [1.54, 1.807) is 0 Å². The Hall–Kier alpha value is -1.39. The van der Waals surface area contributed by atoms with Crippen LogP contribution in [0.4, 0.5) is 0 Å². The van der Waals surface area contributed by atoms with E-state index in [2.05, 4.69) is 12.2 Å². The van der Waals surface area contributed by atoms with E-state index in [1.165, 1.54) is 6.42 Å². The van der Waals surface area contributed by atoms with Gasteiger partial charge in [0.15, 0.2) is 0 Å². The fraction of sp³-hybridized carbons (Fsp3) is 0.750. The maximum absolute atomic E-state index is 11.4. The van der Waals surface area contributed by atoms with E-state index in [1.807, 2.05) is 0 Å². The number of nitrogens with one attached hydrogen (secondary N) is 1. The van der Waals surface area contributed by atoms with Crippen LogP contribution in [0.5, 0.6) is 0 Å². The lowest BCUT2D eigenvalue weighted by Gasteiger charge is -2.10. The topological polar surface area (TPSA) is 89.3 Å². The summed E-state index contributed by atoms with van der Waals surface area (Å²) in [6.07, 6.45) is 6.11. The molecule has 0 bridgehead atoms. The minimum absolute atomic E-state index is 0.134. The maximum atomic E-state index is 11.4. The fourth-order valence-electron chi connectivity index (χ4n) is 1.52. The van der Waals surface area contributed by atoms with Gasteiger partial charge in [0.05, 0.1) is 12.5 Å². The molecule has 0 aliphatic carbocycles. The normalized spacial score (nSPS) is 11.8. The highest BCUT2D eigenvalue weighted by Gasteiger charge is 2.13. The van der Waals surface area contributed by atoms with Crippen molar-refractivity contribution >= 4 is 18.1 Å². The van der Waals surface area contributed by atoms with E-state index in [0.717, 1.165) is 25.7 Å². The second kappa shape index (κ2) is 9.81. The van der Waals surface area contributed by atoms with Gasteiger partial charge in [0.2, 0.25) is 11.8 Å². The lowest BCUT2D eigenvalue weighted by molar-refractivity contribution is -0.125. The minimum Gasteiger partial charge on any atom is -0.370 e. The third-order valence-corrected chi connectivity index (χ3v) is 2.44. The number of rotatable bonds is 10. The van der Waals surface area contributed by atoms with E-state index in [-0.39, 0.29) is 12.3 Å². The summed E-state index contributed by atoms with van der Waals surface area (Å²) in [7, 11) is 0. The van der Waals surface area contributed by atoms with Gasteiger partial charge in [-0.25, -0.2) is 0 Å². The molecule has 0 fully saturated rings. The number of primary amides is 1. The van der Waals surface area contributed by atoms with Crippen LogP contribution < -0.4 is 11.1 Å². The summed E-state index contributed by atoms with van der Waals surface area (Å²) in [5, 5.41) is 2.48. The Morgan fingerprint density at radius 1 is 1.24 bits per heavy atom. The summed E-state index contributed by atoms with van der Waals surface area (Å²) >= 11 is 0. The molecule has 0 spiro atoms.